The number of anilines is 1. The molecule has 2 aromatic carbocycles. The Morgan fingerprint density at radius 1 is 1.12 bits per heavy atom. The second-order valence-electron chi connectivity index (χ2n) is 7.94. The molecule has 0 aliphatic heterocycles. The molecule has 0 bridgehead atoms. The number of aryl methyl sites for hydroxylation is 1. The van der Waals surface area contributed by atoms with Gasteiger partial charge < -0.3 is 15.2 Å². The molecule has 7 nitrogen and oxygen atoms in total. The lowest BCUT2D eigenvalue weighted by Crippen LogP contribution is -2.33. The van der Waals surface area contributed by atoms with Gasteiger partial charge in [-0.1, -0.05) is 61.5 Å². The summed E-state index contributed by atoms with van der Waals surface area (Å²) in [5.74, 6) is 0.623. The summed E-state index contributed by atoms with van der Waals surface area (Å²) >= 11 is 7.34. The van der Waals surface area contributed by atoms with E-state index < -0.39 is 0 Å². The standard InChI is InChI=1S/C24H28ClN5O2S/c1-5-30-22(21(15(2)3)27-23(32)17-9-7-6-8-10-17)28-29-24(30)33-14-20(31)26-19-13-18(25)12-11-16(19)4/h6-13,15,21H,5,14H2,1-4H3,(H,26,31)(H,27,32)/t21-/m0/s1. The molecule has 1 atom stereocenters. The maximum absolute atomic E-state index is 12.7. The summed E-state index contributed by atoms with van der Waals surface area (Å²) in [4.78, 5) is 25.3. The normalized spacial score (nSPS) is 11.9. The van der Waals surface area contributed by atoms with Gasteiger partial charge in [-0.05, 0) is 49.6 Å². The van der Waals surface area contributed by atoms with Gasteiger partial charge in [0.05, 0.1) is 11.8 Å². The van der Waals surface area contributed by atoms with Crippen LogP contribution in [0.25, 0.3) is 0 Å². The Morgan fingerprint density at radius 3 is 2.52 bits per heavy atom. The molecule has 1 aromatic heterocycles. The van der Waals surface area contributed by atoms with Gasteiger partial charge in [-0.3, -0.25) is 9.59 Å². The van der Waals surface area contributed by atoms with E-state index in [0.717, 1.165) is 5.56 Å². The number of thioether (sulfide) groups is 1. The van der Waals surface area contributed by atoms with E-state index in [1.807, 2.05) is 56.5 Å². The van der Waals surface area contributed by atoms with E-state index in [0.29, 0.717) is 33.8 Å². The fourth-order valence-corrected chi connectivity index (χ4v) is 4.30. The van der Waals surface area contributed by atoms with Crippen molar-refractivity contribution in [2.24, 2.45) is 5.92 Å². The molecule has 0 radical (unpaired) electrons. The number of benzene rings is 2. The van der Waals surface area contributed by atoms with E-state index in [1.54, 1.807) is 24.3 Å². The number of carbonyl (C=O) groups is 2. The van der Waals surface area contributed by atoms with Gasteiger partial charge in [0.1, 0.15) is 0 Å². The summed E-state index contributed by atoms with van der Waals surface area (Å²) in [6, 6.07) is 14.2. The summed E-state index contributed by atoms with van der Waals surface area (Å²) in [5.41, 5.74) is 2.22. The van der Waals surface area contributed by atoms with E-state index in [9.17, 15) is 9.59 Å². The van der Waals surface area contributed by atoms with Gasteiger partial charge in [0.2, 0.25) is 5.91 Å². The molecule has 0 spiro atoms. The third kappa shape index (κ3) is 6.36. The van der Waals surface area contributed by atoms with Crippen molar-refractivity contribution in [1.82, 2.24) is 20.1 Å². The van der Waals surface area contributed by atoms with Crippen LogP contribution in [0.4, 0.5) is 5.69 Å². The lowest BCUT2D eigenvalue weighted by Gasteiger charge is -2.22. The third-order valence-corrected chi connectivity index (χ3v) is 6.34. The summed E-state index contributed by atoms with van der Waals surface area (Å²) in [6.07, 6.45) is 0. The van der Waals surface area contributed by atoms with Crippen molar-refractivity contribution in [2.75, 3.05) is 11.1 Å². The highest BCUT2D eigenvalue weighted by molar-refractivity contribution is 7.99. The number of amides is 2. The van der Waals surface area contributed by atoms with Crippen molar-refractivity contribution in [3.8, 4) is 0 Å². The highest BCUT2D eigenvalue weighted by Crippen LogP contribution is 2.26. The van der Waals surface area contributed by atoms with Gasteiger partial charge in [-0.15, -0.1) is 10.2 Å². The zero-order valence-corrected chi connectivity index (χ0v) is 20.7. The first-order valence-corrected chi connectivity index (χ1v) is 12.1. The average molecular weight is 486 g/mol. The number of hydrogen-bond acceptors (Lipinski definition) is 5. The Hall–Kier alpha value is -2.84. The molecule has 1 heterocycles. The van der Waals surface area contributed by atoms with Crippen molar-refractivity contribution < 1.29 is 9.59 Å². The monoisotopic (exact) mass is 485 g/mol. The second kappa shape index (κ2) is 11.3. The molecule has 0 saturated heterocycles. The van der Waals surface area contributed by atoms with Crippen molar-refractivity contribution in [3.05, 3.63) is 70.5 Å². The molecule has 3 aromatic rings. The lowest BCUT2D eigenvalue weighted by molar-refractivity contribution is -0.113. The Balaban J connectivity index is 1.71. The summed E-state index contributed by atoms with van der Waals surface area (Å²) in [7, 11) is 0. The Morgan fingerprint density at radius 2 is 1.85 bits per heavy atom. The van der Waals surface area contributed by atoms with Crippen LogP contribution in [0.1, 0.15) is 48.6 Å². The molecule has 2 amide bonds. The number of nitrogens with one attached hydrogen (secondary N) is 2. The fourth-order valence-electron chi connectivity index (χ4n) is 3.32. The zero-order valence-electron chi connectivity index (χ0n) is 19.1. The van der Waals surface area contributed by atoms with Crippen LogP contribution < -0.4 is 10.6 Å². The Labute approximate surface area is 203 Å². The molecule has 3 rings (SSSR count). The van der Waals surface area contributed by atoms with Crippen molar-refractivity contribution in [3.63, 3.8) is 0 Å². The van der Waals surface area contributed by atoms with Gasteiger partial charge in [-0.25, -0.2) is 0 Å². The molecule has 0 unspecified atom stereocenters. The molecule has 174 valence electrons. The van der Waals surface area contributed by atoms with Crippen LogP contribution in [-0.2, 0) is 11.3 Å². The maximum Gasteiger partial charge on any atom is 0.251 e. The highest BCUT2D eigenvalue weighted by atomic mass is 35.5. The molecule has 0 fully saturated rings. The molecule has 0 aliphatic rings. The maximum atomic E-state index is 12.7. The molecular weight excluding hydrogens is 458 g/mol. The zero-order chi connectivity index (χ0) is 24.0. The Kier molecular flexibility index (Phi) is 8.52. The van der Waals surface area contributed by atoms with Crippen molar-refractivity contribution in [2.45, 2.75) is 45.4 Å². The van der Waals surface area contributed by atoms with Crippen molar-refractivity contribution >= 4 is 40.9 Å². The fraction of sp³-hybridized carbons (Fsp3) is 0.333. The minimum atomic E-state index is -0.317. The predicted octanol–water partition coefficient (Wildman–Crippen LogP) is 5.12. The average Bonchev–Trinajstić information content (AvgIpc) is 3.21. The van der Waals surface area contributed by atoms with E-state index in [1.165, 1.54) is 11.8 Å². The third-order valence-electron chi connectivity index (χ3n) is 5.14. The summed E-state index contributed by atoms with van der Waals surface area (Å²) in [6.45, 7) is 8.57. The Bertz CT molecular complexity index is 1120. The van der Waals surface area contributed by atoms with Crippen LogP contribution in [0.15, 0.2) is 53.7 Å². The predicted molar refractivity (Wildman–Crippen MR) is 133 cm³/mol. The SMILES string of the molecule is CCn1c(SCC(=O)Nc2cc(Cl)ccc2C)nnc1[C@@H](NC(=O)c1ccccc1)C(C)C. The first kappa shape index (κ1) is 24.8. The van der Waals surface area contributed by atoms with E-state index in [-0.39, 0.29) is 29.5 Å². The number of aromatic nitrogens is 3. The molecule has 0 saturated carbocycles. The van der Waals surface area contributed by atoms with E-state index in [4.69, 9.17) is 11.6 Å². The number of carbonyl (C=O) groups excluding carboxylic acids is 2. The lowest BCUT2D eigenvalue weighted by atomic mass is 10.0. The van der Waals surface area contributed by atoms with E-state index >= 15 is 0 Å². The van der Waals surface area contributed by atoms with Gasteiger partial charge in [0.15, 0.2) is 11.0 Å². The second-order valence-corrected chi connectivity index (χ2v) is 9.32. The number of halogens is 1. The quantitative estimate of drug-likeness (QED) is 0.411. The highest BCUT2D eigenvalue weighted by Gasteiger charge is 2.26. The van der Waals surface area contributed by atoms with Gasteiger partial charge in [-0.2, -0.15) is 0 Å². The smallest absolute Gasteiger partial charge is 0.251 e. The minimum absolute atomic E-state index is 0.0964. The van der Waals surface area contributed by atoms with Crippen LogP contribution in [-0.4, -0.2) is 32.3 Å². The molecule has 2 N–H and O–H groups in total. The number of hydrogen-bond donors (Lipinski definition) is 2. The first-order valence-electron chi connectivity index (χ1n) is 10.8. The molecule has 0 aliphatic carbocycles. The van der Waals surface area contributed by atoms with Crippen LogP contribution in [0.2, 0.25) is 5.02 Å². The van der Waals surface area contributed by atoms with Crippen LogP contribution in [0.5, 0.6) is 0 Å². The number of nitrogens with zero attached hydrogens (tertiary/aromatic N) is 3. The molecular formula is C24H28ClN5O2S. The largest absolute Gasteiger partial charge is 0.342 e. The van der Waals surface area contributed by atoms with Gasteiger partial charge in [0.25, 0.3) is 5.91 Å². The minimum Gasteiger partial charge on any atom is -0.342 e. The first-order chi connectivity index (χ1) is 15.8. The van der Waals surface area contributed by atoms with E-state index in [2.05, 4.69) is 20.8 Å². The molecule has 33 heavy (non-hydrogen) atoms. The van der Waals surface area contributed by atoms with Gasteiger partial charge >= 0.3 is 0 Å². The van der Waals surface area contributed by atoms with Crippen LogP contribution in [0, 0.1) is 12.8 Å². The summed E-state index contributed by atoms with van der Waals surface area (Å²) in [5, 5.41) is 15.8. The molecule has 9 heteroatoms. The van der Waals surface area contributed by atoms with Crippen LogP contribution >= 0.6 is 23.4 Å². The van der Waals surface area contributed by atoms with Crippen LogP contribution in [0.3, 0.4) is 0 Å². The topological polar surface area (TPSA) is 88.9 Å². The van der Waals surface area contributed by atoms with Gasteiger partial charge in [0, 0.05) is 22.8 Å². The summed E-state index contributed by atoms with van der Waals surface area (Å²) < 4.78 is 1.94. The van der Waals surface area contributed by atoms with Crippen molar-refractivity contribution in [1.29, 1.82) is 0 Å². The number of rotatable bonds is 9.